The molecule has 37 heteroatoms. The first kappa shape index (κ1) is 84.9. The minimum atomic E-state index is -4.44. The summed E-state index contributed by atoms with van der Waals surface area (Å²) < 4.78 is 205. The number of alkyl halides is 17. The number of halogens is 18. The number of hydrogen-bond acceptors (Lipinski definition) is 10. The molecule has 0 radical (unpaired) electrons. The molecule has 0 aliphatic carbocycles. The van der Waals surface area contributed by atoms with Gasteiger partial charge in [0.05, 0.1) is 30.2 Å². The maximum absolute atomic E-state index is 14.2. The number of aryl methyl sites for hydroxylation is 1. The van der Waals surface area contributed by atoms with Crippen molar-refractivity contribution in [3.05, 3.63) is 184 Å². The number of nitrogens with zero attached hydrogens (tertiary/aromatic N) is 14. The van der Waals surface area contributed by atoms with Gasteiger partial charge < -0.3 is 21.3 Å². The number of aliphatic hydroxyl groups is 1. The summed E-state index contributed by atoms with van der Waals surface area (Å²) >= 11 is -4.20. The summed E-state index contributed by atoms with van der Waals surface area (Å²) in [6.45, 7) is 2.01. The molecule has 0 saturated carbocycles. The summed E-state index contributed by atoms with van der Waals surface area (Å²) in [4.78, 5) is 35.3. The van der Waals surface area contributed by atoms with E-state index in [-0.39, 0.29) is 61.2 Å². The minimum absolute atomic E-state index is 0.0310. The number of benzene rings is 5. The summed E-state index contributed by atoms with van der Waals surface area (Å²) in [5, 5.41) is 26.6. The van der Waals surface area contributed by atoms with Gasteiger partial charge >= 0.3 is 177 Å². The second-order valence-electron chi connectivity index (χ2n) is 22.8. The van der Waals surface area contributed by atoms with Crippen LogP contribution in [0.2, 0.25) is 0 Å². The third-order valence-electron chi connectivity index (χ3n) is 14.6. The number of nitrogens with two attached hydrogens (primary N) is 2. The predicted octanol–water partition coefficient (Wildman–Crippen LogP) is 18.4. The fraction of sp³-hybridized carbons (Fsp3) is 0.438. The molecule has 101 heavy (non-hydrogen) atoms. The number of anilines is 2. The van der Waals surface area contributed by atoms with Gasteiger partial charge in [-0.05, 0) is 46.5 Å². The first-order chi connectivity index (χ1) is 47.0. The quantitative estimate of drug-likeness (QED) is 0.0106. The average molecular weight is 1580 g/mol. The number of hydrogen-bond donors (Lipinski definition) is 3. The average Bonchev–Trinajstić information content (AvgIpc) is 1.73. The molecule has 19 nitrogen and oxygen atoms in total. The molecule has 2 aliphatic heterocycles. The third-order valence-corrected chi connectivity index (χ3v) is 20.8. The van der Waals surface area contributed by atoms with Crippen molar-refractivity contribution >= 4 is 50.8 Å². The molecule has 0 unspecified atom stereocenters. The molecule has 0 spiro atoms. The molecule has 0 saturated heterocycles. The van der Waals surface area contributed by atoms with Crippen molar-refractivity contribution in [3.63, 3.8) is 0 Å². The van der Waals surface area contributed by atoms with Crippen LogP contribution in [0.15, 0.2) is 137 Å². The van der Waals surface area contributed by atoms with E-state index in [1.165, 1.54) is 42.8 Å². The van der Waals surface area contributed by atoms with E-state index in [0.29, 0.717) is 47.7 Å². The van der Waals surface area contributed by atoms with Crippen molar-refractivity contribution in [1.82, 2.24) is 15.0 Å². The summed E-state index contributed by atoms with van der Waals surface area (Å²) in [7, 11) is 5.82. The number of fused-ring (bicyclic) bond motifs is 7. The number of azide groups is 3. The van der Waals surface area contributed by atoms with Gasteiger partial charge in [-0.1, -0.05) is 100 Å². The molecule has 5 N–H and O–H groups in total. The Kier molecular flexibility index (Phi) is 30.5. The van der Waals surface area contributed by atoms with E-state index >= 15 is 0 Å². The van der Waals surface area contributed by atoms with Crippen LogP contribution < -0.4 is 21.3 Å². The molecular weight excluding hydrogens is 1510 g/mol. The zero-order valence-corrected chi connectivity index (χ0v) is 57.3. The smallest absolute Gasteiger partial charge is 0.311 e. The van der Waals surface area contributed by atoms with Crippen LogP contribution in [0.25, 0.3) is 53.8 Å². The van der Waals surface area contributed by atoms with Gasteiger partial charge in [0.2, 0.25) is 11.8 Å². The summed E-state index contributed by atoms with van der Waals surface area (Å²) in [5.74, 6) is -22.9. The number of rotatable bonds is 23. The van der Waals surface area contributed by atoms with Crippen LogP contribution in [0, 0.1) is 15.4 Å². The molecule has 6 aromatic rings. The van der Waals surface area contributed by atoms with E-state index in [1.807, 2.05) is 54.6 Å². The molecule has 0 bridgehead atoms. The minimum Gasteiger partial charge on any atom is -0.330 e. The Morgan fingerprint density at radius 2 is 0.941 bits per heavy atom. The molecule has 2 aliphatic rings. The zero-order chi connectivity index (χ0) is 76.0. The van der Waals surface area contributed by atoms with E-state index in [4.69, 9.17) is 37.0 Å². The Labute approximate surface area is 579 Å². The number of carbonyl (C=O) groups excluding carboxylic acids is 2. The second-order valence-corrected chi connectivity index (χ2v) is 28.6. The molecule has 5 aromatic carbocycles. The molecule has 0 atom stereocenters. The third kappa shape index (κ3) is 23.0. The Hall–Kier alpha value is -8.55. The van der Waals surface area contributed by atoms with E-state index in [0.717, 1.165) is 27.9 Å². The SMILES string of the molecule is CC(C)(O)c1ccccc1I(Cl)C(F)(F)C(F)(F)CCN=[N+]=[N-].CC(F)(F)C(F)(F)CCN=[N+]=[N-].CC(F)(F)C(F)(F)CCN=[N+]=[N-].CC(F)(F)C(F)(F)CCn1nnc2c1-c1ccccc1CN(C(=O)CCN)c1ccccc1-2.NCCC(=O)N1Cc2ccccc2C#Cc2ccccc21. The van der Waals surface area contributed by atoms with E-state index in [1.54, 1.807) is 52.3 Å². The largest absolute Gasteiger partial charge is 0.330 e. The second kappa shape index (κ2) is 36.4. The van der Waals surface area contributed by atoms with Crippen molar-refractivity contribution in [1.29, 1.82) is 0 Å². The number of amides is 2. The molecule has 548 valence electrons. The Balaban J connectivity index is 0.000000283. The van der Waals surface area contributed by atoms with Crippen LogP contribution in [-0.2, 0) is 34.8 Å². The standard InChI is InChI=1S/C23H23F4N5O.C18H16N2O.C13H15ClF4IN3O.2C5H7F4N3/c1-22(24,25)23(26,27)11-13-32-21-16-7-3-2-6-15(16)14-31(19(33)10-12-28)18-9-5-4-8-17(18)20(21)29-30-32;19-12-11-18(21)20-13-16-7-2-1-5-14(16)9-10-15-6-3-4-8-17(15)20;1-11(2,23)9-5-3-4-6-10(9)19(14)13(17,18)12(15,16)7-8-21-22-20;2*1-4(6,7)5(8,9)2-3-11-12-10/h2-9H,10-14,28H2,1H3;1-8H,11-13,19H2;3-6,23H,7-8H2,1-2H3;2*2-3H2,1H3. The van der Waals surface area contributed by atoms with Gasteiger partial charge in [0.25, 0.3) is 0 Å². The van der Waals surface area contributed by atoms with Gasteiger partial charge in [0.15, 0.2) is 0 Å². The summed E-state index contributed by atoms with van der Waals surface area (Å²) in [5.41, 5.74) is 40.4. The maximum atomic E-state index is 14.2. The van der Waals surface area contributed by atoms with E-state index in [2.05, 4.69) is 52.2 Å². The van der Waals surface area contributed by atoms with Crippen LogP contribution in [0.4, 0.5) is 81.6 Å². The van der Waals surface area contributed by atoms with Crippen molar-refractivity contribution in [2.24, 2.45) is 26.8 Å². The maximum Gasteiger partial charge on any atom is 0.311 e. The van der Waals surface area contributed by atoms with Gasteiger partial charge in [-0.3, -0.25) is 9.59 Å². The fourth-order valence-corrected chi connectivity index (χ4v) is 14.1. The van der Waals surface area contributed by atoms with Crippen molar-refractivity contribution in [2.45, 2.75) is 144 Å². The molecule has 8 rings (SSSR count). The normalized spacial score (nSPS) is 13.0. The molecule has 2 amide bonds. The van der Waals surface area contributed by atoms with Crippen molar-refractivity contribution in [2.75, 3.05) is 42.5 Å². The van der Waals surface area contributed by atoms with Gasteiger partial charge in [-0.25, -0.2) is 31.0 Å². The van der Waals surface area contributed by atoms with Crippen LogP contribution in [0.1, 0.15) is 101 Å². The molecular formula is C64H68ClF16IN16O3. The predicted molar refractivity (Wildman–Crippen MR) is 357 cm³/mol. The van der Waals surface area contributed by atoms with Crippen LogP contribution in [-0.4, -0.2) is 110 Å². The van der Waals surface area contributed by atoms with Gasteiger partial charge in [-0.15, -0.1) is 5.10 Å². The van der Waals surface area contributed by atoms with E-state index in [9.17, 15) is 84.9 Å². The summed E-state index contributed by atoms with van der Waals surface area (Å²) in [6, 6.07) is 35.5. The Bertz CT molecular complexity index is 3940. The number of aromatic nitrogens is 3. The van der Waals surface area contributed by atoms with Crippen molar-refractivity contribution in [3.8, 4) is 34.4 Å². The van der Waals surface area contributed by atoms with Gasteiger partial charge in [0.1, 0.15) is 5.69 Å². The first-order valence-electron chi connectivity index (χ1n) is 30.0. The Morgan fingerprint density at radius 3 is 1.44 bits per heavy atom. The fourth-order valence-electron chi connectivity index (χ4n) is 9.02. The topological polar surface area (TPSA) is 290 Å². The monoisotopic (exact) mass is 1570 g/mol. The van der Waals surface area contributed by atoms with Crippen LogP contribution in [0.5, 0.6) is 0 Å². The van der Waals surface area contributed by atoms with Crippen LogP contribution >= 0.6 is 27.6 Å². The summed E-state index contributed by atoms with van der Waals surface area (Å²) in [6.07, 6.45) is -4.19. The van der Waals surface area contributed by atoms with Crippen LogP contribution in [0.3, 0.4) is 0 Å². The number of carbonyl (C=O) groups is 2. The van der Waals surface area contributed by atoms with Gasteiger partial charge in [-0.2, -0.15) is 26.3 Å². The number of para-hydroxylation sites is 2. The molecule has 0 fully saturated rings. The van der Waals surface area contributed by atoms with E-state index < -0.39 is 122 Å². The molecule has 3 heterocycles. The first-order valence-corrected chi connectivity index (χ1v) is 34.9. The zero-order valence-electron chi connectivity index (χ0n) is 54.4. The van der Waals surface area contributed by atoms with Gasteiger partial charge in [0, 0.05) is 118 Å². The molecule has 1 aromatic heterocycles. The van der Waals surface area contributed by atoms with Crippen molar-refractivity contribution < 1.29 is 84.9 Å². The Morgan fingerprint density at radius 1 is 0.545 bits per heavy atom.